The number of rotatable bonds is 2. The summed E-state index contributed by atoms with van der Waals surface area (Å²) in [7, 11) is 0. The molecule has 5 rings (SSSR count). The van der Waals surface area contributed by atoms with E-state index in [1.54, 1.807) is 0 Å². The summed E-state index contributed by atoms with van der Waals surface area (Å²) >= 11 is 0. The van der Waals surface area contributed by atoms with Crippen LogP contribution in [0.15, 0.2) is 65.7 Å². The Balaban J connectivity index is 1.35. The molecule has 0 amide bonds. The SMILES string of the molecule is O[C@@H]1[C@H]2OC(c3ccccc3)=N[C@H]2O[C@@H]2CO[C@H](c3ccccc3)O[C@@H]12. The second-order valence-corrected chi connectivity index (χ2v) is 6.62. The van der Waals surface area contributed by atoms with Crippen molar-refractivity contribution in [2.75, 3.05) is 6.61 Å². The van der Waals surface area contributed by atoms with Crippen molar-refractivity contribution in [3.8, 4) is 0 Å². The first-order chi connectivity index (χ1) is 12.8. The summed E-state index contributed by atoms with van der Waals surface area (Å²) < 4.78 is 23.7. The van der Waals surface area contributed by atoms with Crippen molar-refractivity contribution in [3.05, 3.63) is 71.8 Å². The van der Waals surface area contributed by atoms with Crippen molar-refractivity contribution in [1.29, 1.82) is 0 Å². The molecule has 1 N–H and O–H groups in total. The molecule has 6 nitrogen and oxygen atoms in total. The fourth-order valence-corrected chi connectivity index (χ4v) is 3.59. The fourth-order valence-electron chi connectivity index (χ4n) is 3.59. The molecule has 3 aliphatic heterocycles. The van der Waals surface area contributed by atoms with E-state index in [1.165, 1.54) is 0 Å². The van der Waals surface area contributed by atoms with E-state index in [1.807, 2.05) is 60.7 Å². The number of aliphatic hydroxyl groups is 1. The minimum atomic E-state index is -0.848. The Morgan fingerprint density at radius 2 is 1.62 bits per heavy atom. The summed E-state index contributed by atoms with van der Waals surface area (Å²) in [5, 5.41) is 10.8. The maximum absolute atomic E-state index is 10.8. The molecular weight excluding hydrogens is 334 g/mol. The van der Waals surface area contributed by atoms with Crippen molar-refractivity contribution < 1.29 is 24.1 Å². The summed E-state index contributed by atoms with van der Waals surface area (Å²) in [6.07, 6.45) is -3.42. The lowest BCUT2D eigenvalue weighted by Gasteiger charge is -2.44. The van der Waals surface area contributed by atoms with Crippen molar-refractivity contribution in [2.24, 2.45) is 4.99 Å². The smallest absolute Gasteiger partial charge is 0.219 e. The van der Waals surface area contributed by atoms with Gasteiger partial charge in [0.05, 0.1) is 6.61 Å². The van der Waals surface area contributed by atoms with E-state index in [0.717, 1.165) is 11.1 Å². The lowest BCUT2D eigenvalue weighted by atomic mass is 9.97. The summed E-state index contributed by atoms with van der Waals surface area (Å²) in [4.78, 5) is 4.50. The van der Waals surface area contributed by atoms with E-state index in [2.05, 4.69) is 4.99 Å². The van der Waals surface area contributed by atoms with E-state index in [0.29, 0.717) is 12.5 Å². The molecular formula is C20H19NO5. The third kappa shape index (κ3) is 2.71. The van der Waals surface area contributed by atoms with Crippen LogP contribution in [0.1, 0.15) is 17.4 Å². The van der Waals surface area contributed by atoms with Crippen LogP contribution in [-0.2, 0) is 18.9 Å². The first-order valence-corrected chi connectivity index (χ1v) is 8.75. The largest absolute Gasteiger partial charge is 0.466 e. The summed E-state index contributed by atoms with van der Waals surface area (Å²) in [5.74, 6) is 0.485. The molecule has 2 fully saturated rings. The van der Waals surface area contributed by atoms with Crippen LogP contribution in [0.25, 0.3) is 0 Å². The standard InChI is InChI=1S/C20H19NO5/c22-15-16-14(11-23-20(26-16)13-9-5-2-6-10-13)24-19-17(15)25-18(21-19)12-7-3-1-4-8-12/h1-10,14-17,19-20,22H,11H2/t14-,15+,16-,17-,19+,20+/m1/s1. The Kier molecular flexibility index (Phi) is 3.98. The second-order valence-electron chi connectivity index (χ2n) is 6.62. The van der Waals surface area contributed by atoms with E-state index in [-0.39, 0.29) is 6.10 Å². The van der Waals surface area contributed by atoms with Gasteiger partial charge in [-0.2, -0.15) is 0 Å². The molecule has 3 heterocycles. The Morgan fingerprint density at radius 3 is 2.38 bits per heavy atom. The van der Waals surface area contributed by atoms with Crippen LogP contribution >= 0.6 is 0 Å². The molecule has 0 unspecified atom stereocenters. The molecule has 0 saturated carbocycles. The van der Waals surface area contributed by atoms with E-state index in [4.69, 9.17) is 18.9 Å². The molecule has 0 radical (unpaired) electrons. The summed E-state index contributed by atoms with van der Waals surface area (Å²) in [6.45, 7) is 0.334. The number of benzene rings is 2. The van der Waals surface area contributed by atoms with Gasteiger partial charge in [0.15, 0.2) is 18.6 Å². The predicted molar refractivity (Wildman–Crippen MR) is 92.5 cm³/mol. The molecule has 2 aromatic rings. The predicted octanol–water partition coefficient (Wildman–Crippen LogP) is 2.03. The first-order valence-electron chi connectivity index (χ1n) is 8.75. The average molecular weight is 353 g/mol. The van der Waals surface area contributed by atoms with Crippen LogP contribution in [0.4, 0.5) is 0 Å². The Bertz CT molecular complexity index is 796. The minimum Gasteiger partial charge on any atom is -0.466 e. The topological polar surface area (TPSA) is 69.5 Å². The zero-order chi connectivity index (χ0) is 17.5. The molecule has 26 heavy (non-hydrogen) atoms. The highest BCUT2D eigenvalue weighted by molar-refractivity contribution is 5.95. The second kappa shape index (κ2) is 6.48. The minimum absolute atomic E-state index is 0.334. The quantitative estimate of drug-likeness (QED) is 0.895. The van der Waals surface area contributed by atoms with E-state index < -0.39 is 30.8 Å². The number of hydrogen-bond donors (Lipinski definition) is 1. The van der Waals surface area contributed by atoms with Gasteiger partial charge < -0.3 is 24.1 Å². The first kappa shape index (κ1) is 16.0. The van der Waals surface area contributed by atoms with Gasteiger partial charge >= 0.3 is 0 Å². The number of aliphatic imine (C=N–C) groups is 1. The Hall–Kier alpha value is -2.25. The van der Waals surface area contributed by atoms with Gasteiger partial charge in [-0.15, -0.1) is 0 Å². The van der Waals surface area contributed by atoms with Gasteiger partial charge in [-0.1, -0.05) is 48.5 Å². The maximum atomic E-state index is 10.8. The number of nitrogens with zero attached hydrogens (tertiary/aromatic N) is 1. The Labute approximate surface area is 151 Å². The van der Waals surface area contributed by atoms with Crippen LogP contribution in [0.3, 0.4) is 0 Å². The molecule has 2 saturated heterocycles. The molecule has 6 heteroatoms. The lowest BCUT2D eigenvalue weighted by molar-refractivity contribution is -0.322. The number of hydrogen-bond acceptors (Lipinski definition) is 6. The maximum Gasteiger partial charge on any atom is 0.219 e. The molecule has 134 valence electrons. The van der Waals surface area contributed by atoms with Gasteiger partial charge in [0.2, 0.25) is 5.90 Å². The van der Waals surface area contributed by atoms with Gasteiger partial charge in [0, 0.05) is 11.1 Å². The van der Waals surface area contributed by atoms with Gasteiger partial charge in [-0.3, -0.25) is 0 Å². The number of aliphatic hydroxyl groups excluding tert-OH is 1. The van der Waals surface area contributed by atoms with Crippen molar-refractivity contribution in [3.63, 3.8) is 0 Å². The number of ether oxygens (including phenoxy) is 4. The van der Waals surface area contributed by atoms with Crippen LogP contribution in [0, 0.1) is 0 Å². The van der Waals surface area contributed by atoms with Crippen LogP contribution in [0.2, 0.25) is 0 Å². The highest BCUT2D eigenvalue weighted by Gasteiger charge is 2.53. The molecule has 0 aromatic heterocycles. The Morgan fingerprint density at radius 1 is 0.885 bits per heavy atom. The van der Waals surface area contributed by atoms with Gasteiger partial charge in [-0.25, -0.2) is 4.99 Å². The van der Waals surface area contributed by atoms with Crippen LogP contribution < -0.4 is 0 Å². The highest BCUT2D eigenvalue weighted by Crippen LogP contribution is 2.37. The number of fused-ring (bicyclic) bond motifs is 2. The summed E-state index contributed by atoms with van der Waals surface area (Å²) in [6, 6.07) is 19.3. The van der Waals surface area contributed by atoms with Crippen LogP contribution in [0.5, 0.6) is 0 Å². The van der Waals surface area contributed by atoms with Gasteiger partial charge in [-0.05, 0) is 12.1 Å². The van der Waals surface area contributed by atoms with Gasteiger partial charge in [0.1, 0.15) is 18.3 Å². The monoisotopic (exact) mass is 353 g/mol. The third-order valence-corrected chi connectivity index (χ3v) is 4.91. The molecule has 0 aliphatic carbocycles. The van der Waals surface area contributed by atoms with Gasteiger partial charge in [0.25, 0.3) is 0 Å². The molecule has 0 spiro atoms. The lowest BCUT2D eigenvalue weighted by Crippen LogP contribution is -2.60. The zero-order valence-electron chi connectivity index (χ0n) is 14.0. The molecule has 6 atom stereocenters. The van der Waals surface area contributed by atoms with E-state index >= 15 is 0 Å². The van der Waals surface area contributed by atoms with Crippen molar-refractivity contribution >= 4 is 5.90 Å². The van der Waals surface area contributed by atoms with E-state index in [9.17, 15) is 5.11 Å². The fraction of sp³-hybridized carbons (Fsp3) is 0.350. The molecule has 2 aromatic carbocycles. The average Bonchev–Trinajstić information content (AvgIpc) is 3.14. The molecule has 0 bridgehead atoms. The zero-order valence-corrected chi connectivity index (χ0v) is 14.0. The van der Waals surface area contributed by atoms with Crippen LogP contribution in [-0.4, -0.2) is 48.3 Å². The van der Waals surface area contributed by atoms with Crippen molar-refractivity contribution in [2.45, 2.75) is 36.9 Å². The van der Waals surface area contributed by atoms with Crippen molar-refractivity contribution in [1.82, 2.24) is 0 Å². The highest BCUT2D eigenvalue weighted by atomic mass is 16.7. The third-order valence-electron chi connectivity index (χ3n) is 4.91. The normalized spacial score (nSPS) is 35.8. The molecule has 3 aliphatic rings. The summed E-state index contributed by atoms with van der Waals surface area (Å²) in [5.41, 5.74) is 1.77.